The zero-order valence-electron chi connectivity index (χ0n) is 22.2. The van der Waals surface area contributed by atoms with Crippen LogP contribution < -0.4 is 10.1 Å². The van der Waals surface area contributed by atoms with Gasteiger partial charge in [-0.05, 0) is 64.0 Å². The van der Waals surface area contributed by atoms with Crippen LogP contribution in [0.4, 0.5) is 5.69 Å². The molecule has 1 aliphatic carbocycles. The van der Waals surface area contributed by atoms with E-state index < -0.39 is 0 Å². The molecular formula is C31H36N4OS. The maximum Gasteiger partial charge on any atom is 0.247 e. The Balaban J connectivity index is 1.37. The Morgan fingerprint density at radius 1 is 1.11 bits per heavy atom. The Kier molecular flexibility index (Phi) is 7.94. The molecule has 0 unspecified atom stereocenters. The van der Waals surface area contributed by atoms with Gasteiger partial charge in [0, 0.05) is 22.9 Å². The fourth-order valence-corrected chi connectivity index (χ4v) is 5.85. The van der Waals surface area contributed by atoms with Gasteiger partial charge in [0.05, 0.1) is 0 Å². The molecule has 1 aliphatic heterocycles. The Hall–Kier alpha value is -3.12. The Labute approximate surface area is 224 Å². The van der Waals surface area contributed by atoms with E-state index in [2.05, 4.69) is 91.8 Å². The molecule has 192 valence electrons. The van der Waals surface area contributed by atoms with Crippen LogP contribution >= 0.6 is 11.8 Å². The molecule has 0 spiro atoms. The van der Waals surface area contributed by atoms with Gasteiger partial charge in [0.25, 0.3) is 0 Å². The van der Waals surface area contributed by atoms with E-state index in [-0.39, 0.29) is 6.23 Å². The third kappa shape index (κ3) is 6.24. The van der Waals surface area contributed by atoms with Crippen molar-refractivity contribution in [2.45, 2.75) is 70.5 Å². The lowest BCUT2D eigenvalue weighted by Crippen LogP contribution is -2.39. The largest absolute Gasteiger partial charge is 0.452 e. The number of fused-ring (bicyclic) bond motifs is 3. The van der Waals surface area contributed by atoms with Crippen LogP contribution in [0, 0.1) is 18.8 Å². The van der Waals surface area contributed by atoms with Crippen molar-refractivity contribution in [3.63, 3.8) is 0 Å². The number of allylic oxidation sites excluding steroid dienone is 4. The van der Waals surface area contributed by atoms with Crippen LogP contribution in [-0.2, 0) is 5.75 Å². The minimum Gasteiger partial charge on any atom is -0.452 e. The highest BCUT2D eigenvalue weighted by Gasteiger charge is 2.34. The molecule has 3 atom stereocenters. The summed E-state index contributed by atoms with van der Waals surface area (Å²) in [6, 6.07) is 16.8. The second-order valence-electron chi connectivity index (χ2n) is 10.5. The molecule has 2 aliphatic rings. The summed E-state index contributed by atoms with van der Waals surface area (Å²) in [4.78, 5) is 4.85. The maximum atomic E-state index is 6.63. The van der Waals surface area contributed by atoms with Crippen LogP contribution in [-0.4, -0.2) is 21.4 Å². The standard InChI is InChI=1S/C31H36N4OS/c1-20(2)8-7-9-23-16-17-25(22(4)18-23)29-32-27-11-6-5-10-26(27)28-30(36-29)33-31(35-34-28)37-19-24-14-12-21(3)13-15-24/h5-6,8,10-16,22,25,29,32H,7,9,17-19H2,1-4H3/t22-,25+,29-/m0/s1. The molecule has 0 fully saturated rings. The SMILES string of the molecule is CC(C)=CCCC1=CC[C@@H]([C@H]2Nc3ccccc3-c3nnc(SCc4ccc(C)cc4)nc3O2)[C@@H](C)C1. The summed E-state index contributed by atoms with van der Waals surface area (Å²) < 4.78 is 6.63. The van der Waals surface area contributed by atoms with Gasteiger partial charge in [-0.15, -0.1) is 10.2 Å². The lowest BCUT2D eigenvalue weighted by molar-refractivity contribution is 0.114. The van der Waals surface area contributed by atoms with Gasteiger partial charge in [0.15, 0.2) is 11.9 Å². The second kappa shape index (κ2) is 11.5. The summed E-state index contributed by atoms with van der Waals surface area (Å²) in [5, 5.41) is 13.4. The molecule has 1 aromatic heterocycles. The third-order valence-electron chi connectivity index (χ3n) is 7.24. The first kappa shape index (κ1) is 25.5. The molecule has 37 heavy (non-hydrogen) atoms. The first-order chi connectivity index (χ1) is 18.0. The van der Waals surface area contributed by atoms with E-state index in [0.717, 1.165) is 42.7 Å². The number of hydrogen-bond donors (Lipinski definition) is 1. The second-order valence-corrected chi connectivity index (χ2v) is 11.5. The van der Waals surface area contributed by atoms with Crippen molar-refractivity contribution < 1.29 is 4.74 Å². The van der Waals surface area contributed by atoms with Crippen molar-refractivity contribution in [3.8, 4) is 17.1 Å². The molecule has 0 bridgehead atoms. The molecule has 0 saturated carbocycles. The van der Waals surface area contributed by atoms with Crippen molar-refractivity contribution in [2.24, 2.45) is 11.8 Å². The number of anilines is 1. The number of thioether (sulfide) groups is 1. The fourth-order valence-electron chi connectivity index (χ4n) is 5.11. The Morgan fingerprint density at radius 3 is 2.70 bits per heavy atom. The van der Waals surface area contributed by atoms with E-state index >= 15 is 0 Å². The molecule has 2 heterocycles. The Bertz CT molecular complexity index is 1300. The number of aromatic nitrogens is 3. The van der Waals surface area contributed by atoms with Crippen LogP contribution in [0.1, 0.15) is 57.6 Å². The smallest absolute Gasteiger partial charge is 0.247 e. The molecule has 2 aromatic carbocycles. The number of hydrogen-bond acceptors (Lipinski definition) is 6. The first-order valence-electron chi connectivity index (χ1n) is 13.2. The summed E-state index contributed by atoms with van der Waals surface area (Å²) in [7, 11) is 0. The van der Waals surface area contributed by atoms with Gasteiger partial charge in [-0.25, -0.2) is 0 Å². The topological polar surface area (TPSA) is 59.9 Å². The number of aryl methyl sites for hydroxylation is 1. The molecular weight excluding hydrogens is 476 g/mol. The third-order valence-corrected chi connectivity index (χ3v) is 8.15. The monoisotopic (exact) mass is 512 g/mol. The van der Waals surface area contributed by atoms with Gasteiger partial charge < -0.3 is 10.1 Å². The van der Waals surface area contributed by atoms with Crippen LogP contribution in [0.2, 0.25) is 0 Å². The predicted octanol–water partition coefficient (Wildman–Crippen LogP) is 7.99. The molecule has 5 nitrogen and oxygen atoms in total. The number of benzene rings is 2. The Morgan fingerprint density at radius 2 is 1.92 bits per heavy atom. The molecule has 5 rings (SSSR count). The minimum absolute atomic E-state index is 0.181. The van der Waals surface area contributed by atoms with Gasteiger partial charge in [0.1, 0.15) is 0 Å². The number of ether oxygens (including phenoxy) is 1. The van der Waals surface area contributed by atoms with E-state index in [1.165, 1.54) is 16.7 Å². The van der Waals surface area contributed by atoms with E-state index in [9.17, 15) is 0 Å². The van der Waals surface area contributed by atoms with Crippen LogP contribution in [0.25, 0.3) is 11.3 Å². The number of para-hydroxylation sites is 1. The summed E-state index contributed by atoms with van der Waals surface area (Å²) in [5.41, 5.74) is 8.16. The van der Waals surface area contributed by atoms with E-state index in [4.69, 9.17) is 9.72 Å². The lowest BCUT2D eigenvalue weighted by Gasteiger charge is -2.35. The van der Waals surface area contributed by atoms with E-state index in [1.807, 2.05) is 12.1 Å². The predicted molar refractivity (Wildman–Crippen MR) is 153 cm³/mol. The van der Waals surface area contributed by atoms with Crippen LogP contribution in [0.3, 0.4) is 0 Å². The van der Waals surface area contributed by atoms with Gasteiger partial charge in [-0.1, -0.05) is 90.0 Å². The minimum atomic E-state index is -0.181. The molecule has 6 heteroatoms. The van der Waals surface area contributed by atoms with E-state index in [0.29, 0.717) is 28.6 Å². The summed E-state index contributed by atoms with van der Waals surface area (Å²) >= 11 is 1.59. The quantitative estimate of drug-likeness (QED) is 0.256. The lowest BCUT2D eigenvalue weighted by atomic mass is 9.78. The normalized spacial score (nSPS) is 20.4. The van der Waals surface area contributed by atoms with Crippen molar-refractivity contribution in [1.29, 1.82) is 0 Å². The number of rotatable bonds is 7. The zero-order chi connectivity index (χ0) is 25.8. The van der Waals surface area contributed by atoms with Crippen LogP contribution in [0.5, 0.6) is 5.88 Å². The molecule has 0 saturated heterocycles. The highest BCUT2D eigenvalue weighted by atomic mass is 32.2. The van der Waals surface area contributed by atoms with Crippen molar-refractivity contribution >= 4 is 17.4 Å². The highest BCUT2D eigenvalue weighted by Crippen LogP contribution is 2.41. The van der Waals surface area contributed by atoms with Gasteiger partial charge >= 0.3 is 0 Å². The summed E-state index contributed by atoms with van der Waals surface area (Å²) in [6.07, 6.45) is 8.96. The van der Waals surface area contributed by atoms with Crippen molar-refractivity contribution in [1.82, 2.24) is 15.2 Å². The van der Waals surface area contributed by atoms with Gasteiger partial charge in [-0.3, -0.25) is 0 Å². The molecule has 0 amide bonds. The fraction of sp³-hybridized carbons (Fsp3) is 0.387. The summed E-state index contributed by atoms with van der Waals surface area (Å²) in [5.74, 6) is 2.20. The van der Waals surface area contributed by atoms with E-state index in [1.54, 1.807) is 17.3 Å². The van der Waals surface area contributed by atoms with Crippen LogP contribution in [0.15, 0.2) is 77.0 Å². The van der Waals surface area contributed by atoms with Gasteiger partial charge in [-0.2, -0.15) is 4.98 Å². The van der Waals surface area contributed by atoms with Crippen molar-refractivity contribution in [2.75, 3.05) is 5.32 Å². The average Bonchev–Trinajstić information content (AvgIpc) is 3.04. The van der Waals surface area contributed by atoms with Crippen molar-refractivity contribution in [3.05, 3.63) is 83.0 Å². The number of nitrogens with zero attached hydrogens (tertiary/aromatic N) is 3. The highest BCUT2D eigenvalue weighted by molar-refractivity contribution is 7.98. The number of nitrogens with one attached hydrogen (secondary N) is 1. The molecule has 3 aromatic rings. The zero-order valence-corrected chi connectivity index (χ0v) is 23.0. The van der Waals surface area contributed by atoms with Gasteiger partial charge in [0.2, 0.25) is 11.0 Å². The average molecular weight is 513 g/mol. The summed E-state index contributed by atoms with van der Waals surface area (Å²) in [6.45, 7) is 8.79. The molecule has 1 N–H and O–H groups in total. The first-order valence-corrected chi connectivity index (χ1v) is 14.2. The molecule has 0 radical (unpaired) electrons. The maximum absolute atomic E-state index is 6.63.